The van der Waals surface area contributed by atoms with Gasteiger partial charge in [0.1, 0.15) is 25.7 Å². The molecule has 102 valence electrons. The molecule has 0 unspecified atom stereocenters. The fourth-order valence-corrected chi connectivity index (χ4v) is 3.54. The van der Waals surface area contributed by atoms with Crippen LogP contribution in [0.4, 0.5) is 0 Å². The second kappa shape index (κ2) is 3.73. The summed E-state index contributed by atoms with van der Waals surface area (Å²) in [4.78, 5) is 7.01. The van der Waals surface area contributed by atoms with Gasteiger partial charge in [-0.05, 0) is 17.2 Å². The van der Waals surface area contributed by atoms with E-state index in [-0.39, 0.29) is 0 Å². The van der Waals surface area contributed by atoms with E-state index < -0.39 is 0 Å². The number of aromatic nitrogens is 2. The molecule has 0 saturated carbocycles. The Kier molecular flexibility index (Phi) is 2.22. The van der Waals surface area contributed by atoms with Crippen molar-refractivity contribution in [2.24, 2.45) is 5.16 Å². The first-order valence-corrected chi connectivity index (χ1v) is 6.25. The van der Waals surface area contributed by atoms with Gasteiger partial charge in [-0.2, -0.15) is 0 Å². The van der Waals surface area contributed by atoms with E-state index in [1.165, 1.54) is 0 Å². The van der Waals surface area contributed by atoms with Crippen molar-refractivity contribution in [2.75, 3.05) is 40.0 Å². The van der Waals surface area contributed by atoms with E-state index in [0.29, 0.717) is 21.7 Å². The predicted molar refractivity (Wildman–Crippen MR) is 62.3 cm³/mol. The first kappa shape index (κ1) is 11.3. The van der Waals surface area contributed by atoms with Crippen LogP contribution in [0.3, 0.4) is 0 Å². The first-order valence-electron chi connectivity index (χ1n) is 6.25. The Bertz CT molecular complexity index is 504. The molecule has 9 heteroatoms. The molecule has 0 radical (unpaired) electrons. The molecule has 4 fully saturated rings. The van der Waals surface area contributed by atoms with Crippen molar-refractivity contribution in [2.45, 2.75) is 6.92 Å². The molecule has 0 atom stereocenters. The Labute approximate surface area is 109 Å². The van der Waals surface area contributed by atoms with Crippen molar-refractivity contribution < 1.29 is 14.3 Å². The minimum absolute atomic E-state index is 0.540. The van der Waals surface area contributed by atoms with Crippen molar-refractivity contribution >= 4 is 5.84 Å². The number of oxime groups is 1. The minimum atomic E-state index is 0.540. The van der Waals surface area contributed by atoms with Gasteiger partial charge in [-0.15, -0.1) is 0 Å². The predicted octanol–water partition coefficient (Wildman–Crippen LogP) is -0.978. The molecule has 1 N–H and O–H groups in total. The number of nitrogens with zero attached hydrogens (tertiary/aromatic N) is 7. The van der Waals surface area contributed by atoms with Crippen molar-refractivity contribution in [1.29, 1.82) is 0 Å². The minimum Gasteiger partial charge on any atom is -0.406 e. The summed E-state index contributed by atoms with van der Waals surface area (Å²) in [6.45, 7) is 7.24. The Morgan fingerprint density at radius 2 is 1.74 bits per heavy atom. The number of rotatable bonds is 1. The fraction of sp³-hybridized carbons (Fsp3) is 0.700. The lowest BCUT2D eigenvalue weighted by Crippen LogP contribution is -2.80. The Morgan fingerprint density at radius 1 is 1.16 bits per heavy atom. The summed E-state index contributed by atoms with van der Waals surface area (Å²) in [5.74, 6) is 0.540. The van der Waals surface area contributed by atoms with Gasteiger partial charge in [0.15, 0.2) is 0 Å². The molecule has 9 nitrogen and oxygen atoms in total. The van der Waals surface area contributed by atoms with E-state index in [2.05, 4.69) is 30.2 Å². The number of quaternary nitrogens is 1. The molecule has 19 heavy (non-hydrogen) atoms. The Hall–Kier alpha value is -1.55. The summed E-state index contributed by atoms with van der Waals surface area (Å²) in [5, 5.41) is 20.7. The highest BCUT2D eigenvalue weighted by molar-refractivity contribution is 5.92. The van der Waals surface area contributed by atoms with Crippen molar-refractivity contribution in [3.63, 3.8) is 0 Å². The number of hydrogen-bond acceptors (Lipinski definition) is 8. The molecule has 1 aromatic heterocycles. The van der Waals surface area contributed by atoms with Crippen LogP contribution in [0.1, 0.15) is 11.4 Å². The average Bonchev–Trinajstić information content (AvgIpc) is 2.74. The second-order valence-electron chi connectivity index (χ2n) is 5.63. The third-order valence-electron chi connectivity index (χ3n) is 4.02. The van der Waals surface area contributed by atoms with Crippen LogP contribution in [-0.4, -0.2) is 80.6 Å². The molecule has 0 amide bonds. The van der Waals surface area contributed by atoms with Crippen molar-refractivity contribution in [3.8, 4) is 0 Å². The maximum absolute atomic E-state index is 9.49. The molecular formula is C10H16N7O2+. The topological polar surface area (TPSA) is 81.2 Å². The van der Waals surface area contributed by atoms with E-state index in [9.17, 15) is 5.21 Å². The standard InChI is InChI=1S/C10H15N7O2/c1-8-9(13-19-12-8)10(11-18)17-5-14-2-15(6-17)4-16(3-14)7-17/h2-7H2,1H3/p+1. The number of aryl methyl sites for hydroxylation is 1. The van der Waals surface area contributed by atoms with Crippen LogP contribution >= 0.6 is 0 Å². The molecular weight excluding hydrogens is 250 g/mol. The number of amidine groups is 1. The largest absolute Gasteiger partial charge is 0.406 e. The molecule has 1 aromatic rings. The van der Waals surface area contributed by atoms with Gasteiger partial charge in [0, 0.05) is 0 Å². The van der Waals surface area contributed by atoms with Crippen LogP contribution in [-0.2, 0) is 0 Å². The maximum Gasteiger partial charge on any atom is 0.296 e. The smallest absolute Gasteiger partial charge is 0.296 e. The van der Waals surface area contributed by atoms with Crippen LogP contribution in [0.25, 0.3) is 0 Å². The van der Waals surface area contributed by atoms with Gasteiger partial charge in [0.05, 0.1) is 20.0 Å². The Morgan fingerprint density at radius 3 is 2.16 bits per heavy atom. The lowest BCUT2D eigenvalue weighted by Gasteiger charge is -2.59. The molecule has 4 aliphatic rings. The first-order chi connectivity index (χ1) is 9.20. The molecule has 5 heterocycles. The molecule has 4 bridgehead atoms. The molecule has 5 rings (SSSR count). The van der Waals surface area contributed by atoms with Crippen LogP contribution in [0.2, 0.25) is 0 Å². The monoisotopic (exact) mass is 266 g/mol. The second-order valence-corrected chi connectivity index (χ2v) is 5.63. The van der Waals surface area contributed by atoms with Crippen LogP contribution in [0, 0.1) is 6.92 Å². The quantitative estimate of drug-likeness (QED) is 0.230. The zero-order chi connectivity index (χ0) is 13.0. The van der Waals surface area contributed by atoms with E-state index >= 15 is 0 Å². The van der Waals surface area contributed by atoms with Gasteiger partial charge in [-0.3, -0.25) is 0 Å². The lowest BCUT2D eigenvalue weighted by molar-refractivity contribution is -0.904. The Balaban J connectivity index is 1.76. The highest BCUT2D eigenvalue weighted by Gasteiger charge is 2.53. The van der Waals surface area contributed by atoms with E-state index in [1.807, 2.05) is 6.92 Å². The van der Waals surface area contributed by atoms with Crippen LogP contribution in [0.5, 0.6) is 0 Å². The van der Waals surface area contributed by atoms with Gasteiger partial charge >= 0.3 is 0 Å². The van der Waals surface area contributed by atoms with Gasteiger partial charge in [-0.25, -0.2) is 23.8 Å². The third-order valence-corrected chi connectivity index (χ3v) is 4.02. The molecule has 4 saturated heterocycles. The molecule has 0 aliphatic carbocycles. The third kappa shape index (κ3) is 1.53. The summed E-state index contributed by atoms with van der Waals surface area (Å²) < 4.78 is 5.31. The fourth-order valence-electron chi connectivity index (χ4n) is 3.54. The summed E-state index contributed by atoms with van der Waals surface area (Å²) in [7, 11) is 0. The van der Waals surface area contributed by atoms with Crippen molar-refractivity contribution in [3.05, 3.63) is 11.4 Å². The maximum atomic E-state index is 9.49. The van der Waals surface area contributed by atoms with Gasteiger partial charge in [-0.1, -0.05) is 5.16 Å². The zero-order valence-corrected chi connectivity index (χ0v) is 10.7. The van der Waals surface area contributed by atoms with E-state index in [1.54, 1.807) is 0 Å². The van der Waals surface area contributed by atoms with Crippen LogP contribution < -0.4 is 0 Å². The zero-order valence-electron chi connectivity index (χ0n) is 10.7. The highest BCUT2D eigenvalue weighted by Crippen LogP contribution is 2.31. The van der Waals surface area contributed by atoms with Gasteiger partial charge in [0.25, 0.3) is 5.84 Å². The molecule has 0 spiro atoms. The van der Waals surface area contributed by atoms with Gasteiger partial charge < -0.3 is 5.21 Å². The summed E-state index contributed by atoms with van der Waals surface area (Å²) in [6, 6.07) is 0. The normalized spacial score (nSPS) is 40.9. The summed E-state index contributed by atoms with van der Waals surface area (Å²) >= 11 is 0. The molecule has 4 aliphatic heterocycles. The average molecular weight is 266 g/mol. The van der Waals surface area contributed by atoms with Gasteiger partial charge in [0.2, 0.25) is 5.69 Å². The van der Waals surface area contributed by atoms with E-state index in [4.69, 9.17) is 4.63 Å². The summed E-state index contributed by atoms with van der Waals surface area (Å²) in [5.41, 5.74) is 1.20. The molecule has 0 aromatic carbocycles. The highest BCUT2D eigenvalue weighted by atomic mass is 16.6. The van der Waals surface area contributed by atoms with Crippen LogP contribution in [0.15, 0.2) is 9.78 Å². The summed E-state index contributed by atoms with van der Waals surface area (Å²) in [6.07, 6.45) is 0. The number of hydrogen-bond donors (Lipinski definition) is 1. The lowest BCUT2D eigenvalue weighted by atomic mass is 10.2. The van der Waals surface area contributed by atoms with E-state index in [0.717, 1.165) is 40.0 Å². The SMILES string of the molecule is Cc1nonc1C(=NO)[N+]12CN3CN(CN(C3)C1)C2. The van der Waals surface area contributed by atoms with Crippen molar-refractivity contribution in [1.82, 2.24) is 25.0 Å².